The minimum absolute atomic E-state index is 0.745. The Balaban J connectivity index is 2.08. The highest BCUT2D eigenvalue weighted by atomic mass is 79.9. The predicted octanol–water partition coefficient (Wildman–Crippen LogP) is 2.33. The molecule has 2 N–H and O–H groups in total. The number of nitrogens with zero attached hydrogens (tertiary/aromatic N) is 2. The average Bonchev–Trinajstić information content (AvgIpc) is 2.67. The molecule has 1 atom stereocenters. The van der Waals surface area contributed by atoms with Crippen LogP contribution in [0, 0.1) is 12.8 Å². The monoisotopic (exact) mass is 283 g/mol. The van der Waals surface area contributed by atoms with Crippen molar-refractivity contribution in [3.63, 3.8) is 0 Å². The van der Waals surface area contributed by atoms with E-state index in [9.17, 15) is 0 Å². The maximum atomic E-state index is 5.60. The van der Waals surface area contributed by atoms with E-state index in [1.54, 1.807) is 0 Å². The van der Waals surface area contributed by atoms with Gasteiger partial charge in [-0.25, -0.2) is 4.98 Å². The van der Waals surface area contributed by atoms with Crippen LogP contribution in [0.5, 0.6) is 0 Å². The Morgan fingerprint density at radius 3 is 3.12 bits per heavy atom. The zero-order chi connectivity index (χ0) is 11.5. The molecule has 1 aromatic heterocycles. The van der Waals surface area contributed by atoms with Gasteiger partial charge in [0, 0.05) is 23.8 Å². The third kappa shape index (κ3) is 2.55. The SMILES string of the molecule is Cc1cc(Br)cnc1N1CCC(CCN)C1. The van der Waals surface area contributed by atoms with Crippen LogP contribution in [0.15, 0.2) is 16.7 Å². The van der Waals surface area contributed by atoms with Gasteiger partial charge < -0.3 is 10.6 Å². The van der Waals surface area contributed by atoms with Crippen molar-refractivity contribution in [3.05, 3.63) is 22.3 Å². The number of aryl methyl sites for hydroxylation is 1. The standard InChI is InChI=1S/C12H18BrN3/c1-9-6-11(13)7-15-12(9)16-5-3-10(8-16)2-4-14/h6-7,10H,2-5,8,14H2,1H3. The maximum Gasteiger partial charge on any atom is 0.131 e. The van der Waals surface area contributed by atoms with E-state index >= 15 is 0 Å². The Kier molecular flexibility index (Phi) is 3.82. The van der Waals surface area contributed by atoms with Gasteiger partial charge in [0.05, 0.1) is 0 Å². The molecule has 1 aliphatic heterocycles. The van der Waals surface area contributed by atoms with Crippen molar-refractivity contribution in [2.45, 2.75) is 19.8 Å². The first kappa shape index (κ1) is 11.9. The van der Waals surface area contributed by atoms with Gasteiger partial charge in [0.25, 0.3) is 0 Å². The number of hydrogen-bond donors (Lipinski definition) is 1. The summed E-state index contributed by atoms with van der Waals surface area (Å²) < 4.78 is 1.05. The number of aromatic nitrogens is 1. The fourth-order valence-corrected chi connectivity index (χ4v) is 2.81. The smallest absolute Gasteiger partial charge is 0.131 e. The molecule has 16 heavy (non-hydrogen) atoms. The van der Waals surface area contributed by atoms with Crippen LogP contribution in [0.4, 0.5) is 5.82 Å². The highest BCUT2D eigenvalue weighted by Crippen LogP contribution is 2.27. The first-order valence-corrected chi connectivity index (χ1v) is 6.57. The van der Waals surface area contributed by atoms with Gasteiger partial charge in [0.2, 0.25) is 0 Å². The van der Waals surface area contributed by atoms with Gasteiger partial charge in [-0.1, -0.05) is 0 Å². The summed E-state index contributed by atoms with van der Waals surface area (Å²) in [6.45, 7) is 5.13. The molecule has 0 spiro atoms. The molecule has 4 heteroatoms. The van der Waals surface area contributed by atoms with Crippen molar-refractivity contribution in [1.82, 2.24) is 4.98 Å². The lowest BCUT2D eigenvalue weighted by atomic mass is 10.1. The van der Waals surface area contributed by atoms with E-state index in [2.05, 4.69) is 38.8 Å². The van der Waals surface area contributed by atoms with Gasteiger partial charge in [0.1, 0.15) is 5.82 Å². The van der Waals surface area contributed by atoms with Gasteiger partial charge >= 0.3 is 0 Å². The molecule has 0 saturated carbocycles. The van der Waals surface area contributed by atoms with Crippen LogP contribution in [0.1, 0.15) is 18.4 Å². The third-order valence-electron chi connectivity index (χ3n) is 3.18. The summed E-state index contributed by atoms with van der Waals surface area (Å²) >= 11 is 3.44. The first-order valence-electron chi connectivity index (χ1n) is 5.78. The van der Waals surface area contributed by atoms with Gasteiger partial charge in [-0.15, -0.1) is 0 Å². The van der Waals surface area contributed by atoms with Crippen molar-refractivity contribution in [2.24, 2.45) is 11.7 Å². The highest BCUT2D eigenvalue weighted by molar-refractivity contribution is 9.10. The average molecular weight is 284 g/mol. The van der Waals surface area contributed by atoms with E-state index in [-0.39, 0.29) is 0 Å². The fraction of sp³-hybridized carbons (Fsp3) is 0.583. The van der Waals surface area contributed by atoms with Crippen molar-refractivity contribution in [2.75, 3.05) is 24.5 Å². The zero-order valence-corrected chi connectivity index (χ0v) is 11.2. The Morgan fingerprint density at radius 1 is 1.62 bits per heavy atom. The molecule has 1 aromatic rings. The molecule has 1 saturated heterocycles. The Morgan fingerprint density at radius 2 is 2.44 bits per heavy atom. The number of anilines is 1. The highest BCUT2D eigenvalue weighted by Gasteiger charge is 2.23. The zero-order valence-electron chi connectivity index (χ0n) is 9.62. The van der Waals surface area contributed by atoms with Crippen LogP contribution in [-0.2, 0) is 0 Å². The summed E-state index contributed by atoms with van der Waals surface area (Å²) in [7, 11) is 0. The van der Waals surface area contributed by atoms with Crippen LogP contribution in [0.25, 0.3) is 0 Å². The second-order valence-corrected chi connectivity index (χ2v) is 5.39. The number of pyridine rings is 1. The van der Waals surface area contributed by atoms with E-state index in [1.807, 2.05) is 6.20 Å². The maximum absolute atomic E-state index is 5.60. The molecule has 0 bridgehead atoms. The van der Waals surface area contributed by atoms with E-state index in [4.69, 9.17) is 5.73 Å². The lowest BCUT2D eigenvalue weighted by Gasteiger charge is -2.19. The van der Waals surface area contributed by atoms with E-state index in [1.165, 1.54) is 12.0 Å². The van der Waals surface area contributed by atoms with Gasteiger partial charge in [-0.2, -0.15) is 0 Å². The summed E-state index contributed by atoms with van der Waals surface area (Å²) in [4.78, 5) is 6.88. The predicted molar refractivity (Wildman–Crippen MR) is 70.7 cm³/mol. The largest absolute Gasteiger partial charge is 0.356 e. The molecule has 3 nitrogen and oxygen atoms in total. The molecule has 0 aromatic carbocycles. The van der Waals surface area contributed by atoms with Gasteiger partial charge in [0.15, 0.2) is 0 Å². The summed E-state index contributed by atoms with van der Waals surface area (Å²) in [6.07, 6.45) is 4.25. The fourth-order valence-electron chi connectivity index (χ4n) is 2.36. The molecule has 1 aliphatic rings. The van der Waals surface area contributed by atoms with E-state index in [0.717, 1.165) is 42.3 Å². The number of rotatable bonds is 3. The topological polar surface area (TPSA) is 42.2 Å². The summed E-state index contributed by atoms with van der Waals surface area (Å²) in [5.74, 6) is 1.87. The third-order valence-corrected chi connectivity index (χ3v) is 3.61. The lowest BCUT2D eigenvalue weighted by Crippen LogP contribution is -2.22. The number of nitrogens with two attached hydrogens (primary N) is 1. The molecular weight excluding hydrogens is 266 g/mol. The van der Waals surface area contributed by atoms with Crippen LogP contribution >= 0.6 is 15.9 Å². The van der Waals surface area contributed by atoms with Crippen LogP contribution < -0.4 is 10.6 Å². The van der Waals surface area contributed by atoms with Crippen molar-refractivity contribution < 1.29 is 0 Å². The summed E-state index contributed by atoms with van der Waals surface area (Å²) in [5.41, 5.74) is 6.84. The normalized spacial score (nSPS) is 20.4. The Labute approximate surface area is 105 Å². The van der Waals surface area contributed by atoms with Crippen molar-refractivity contribution >= 4 is 21.7 Å². The molecule has 1 fully saturated rings. The van der Waals surface area contributed by atoms with Crippen LogP contribution in [0.2, 0.25) is 0 Å². The second kappa shape index (κ2) is 5.15. The van der Waals surface area contributed by atoms with E-state index in [0.29, 0.717) is 0 Å². The summed E-state index contributed by atoms with van der Waals surface area (Å²) in [6, 6.07) is 2.12. The Bertz CT molecular complexity index is 367. The van der Waals surface area contributed by atoms with Crippen LogP contribution in [0.3, 0.4) is 0 Å². The molecule has 88 valence electrons. The Hall–Kier alpha value is -0.610. The molecule has 1 unspecified atom stereocenters. The van der Waals surface area contributed by atoms with Gasteiger partial charge in [-0.05, 0) is 59.8 Å². The molecule has 0 amide bonds. The number of halogens is 1. The summed E-state index contributed by atoms with van der Waals surface area (Å²) in [5, 5.41) is 0. The molecule has 0 aliphatic carbocycles. The van der Waals surface area contributed by atoms with E-state index < -0.39 is 0 Å². The van der Waals surface area contributed by atoms with Gasteiger partial charge in [-0.3, -0.25) is 0 Å². The molecule has 0 radical (unpaired) electrons. The molecular formula is C12H18BrN3. The molecule has 2 heterocycles. The van der Waals surface area contributed by atoms with Crippen molar-refractivity contribution in [3.8, 4) is 0 Å². The molecule has 2 rings (SSSR count). The van der Waals surface area contributed by atoms with Crippen LogP contribution in [-0.4, -0.2) is 24.6 Å². The minimum Gasteiger partial charge on any atom is -0.356 e. The quantitative estimate of drug-likeness (QED) is 0.926. The number of hydrogen-bond acceptors (Lipinski definition) is 3. The minimum atomic E-state index is 0.745. The first-order chi connectivity index (χ1) is 7.70. The van der Waals surface area contributed by atoms with Crippen molar-refractivity contribution in [1.29, 1.82) is 0 Å². The second-order valence-electron chi connectivity index (χ2n) is 4.47. The lowest BCUT2D eigenvalue weighted by molar-refractivity contribution is 0.546.